The van der Waals surface area contributed by atoms with Gasteiger partial charge in [0.05, 0.1) is 17.1 Å². The molecule has 0 fully saturated rings. The van der Waals surface area contributed by atoms with Gasteiger partial charge in [0.2, 0.25) is 0 Å². The minimum atomic E-state index is 1.03. The molecule has 0 radical (unpaired) electrons. The lowest BCUT2D eigenvalue weighted by atomic mass is 10.1. The standard InChI is InChI=1S/C11H12.4C10H11N.3C9H10N2.8C2H6/c1-8-4-3-5-10-7-6-9(2)11(8)10;1-7-3-4-9-6-11-5-8(2)10(7)9;1-7-3-4-9-5-6-11-8(2)10(7)9;1-7-3-4-9-10(7)8(2)5-6-11-9;1-8-4-3-5-10-7-6-9(2)11(8)10;1-7-3-4-9-6-10-5-8(2)11(7)9;1-7-3-4-9-5-6-10-8(2)11(7)9;1-7-3-4-9-10-6-5-8(2)11(7)9;8*1-2/h3-5,7H,6H2,1-2H3;3*4-6H,3H2,1-2H3;3-7H,1-2H3;3*3-6H,1-2H3;8*1-2H3. The van der Waals surface area contributed by atoms with Gasteiger partial charge >= 0.3 is 0 Å². The summed E-state index contributed by atoms with van der Waals surface area (Å²) in [6, 6.07) is 37.8. The molecule has 10 heteroatoms. The van der Waals surface area contributed by atoms with Crippen LogP contribution >= 0.6 is 0 Å². The monoisotopic (exact) mass is 1400 g/mol. The molecule has 0 spiro atoms. The van der Waals surface area contributed by atoms with Crippen LogP contribution in [0.1, 0.15) is 232 Å². The van der Waals surface area contributed by atoms with Crippen molar-refractivity contribution in [2.75, 3.05) is 0 Å². The van der Waals surface area contributed by atoms with Gasteiger partial charge in [-0.15, -0.1) is 0 Å². The number of aromatic nitrogens is 10. The van der Waals surface area contributed by atoms with Crippen LogP contribution in [0.5, 0.6) is 0 Å². The van der Waals surface area contributed by atoms with E-state index in [0.717, 1.165) is 42.8 Å². The topological polar surface area (TPSA) is 95.0 Å². The predicted octanol–water partition coefficient (Wildman–Crippen LogP) is 20.2. The quantitative estimate of drug-likeness (QED) is 0.150. The third kappa shape index (κ3) is 25.4. The van der Waals surface area contributed by atoms with Gasteiger partial charge in [-0.05, 0) is 264 Å². The van der Waals surface area contributed by atoms with Crippen LogP contribution in [0.15, 0.2) is 159 Å². The lowest BCUT2D eigenvalue weighted by Gasteiger charge is -2.01. The molecule has 104 heavy (non-hydrogen) atoms. The zero-order valence-corrected chi connectivity index (χ0v) is 70.6. The Morgan fingerprint density at radius 3 is 1.22 bits per heavy atom. The first-order valence-electron chi connectivity index (χ1n) is 38.6. The average molecular weight is 1400 g/mol. The number of hydrogen-bond donors (Lipinski definition) is 0. The van der Waals surface area contributed by atoms with E-state index in [4.69, 9.17) is 0 Å². The first kappa shape index (κ1) is 92.5. The number of fused-ring (bicyclic) bond motifs is 8. The van der Waals surface area contributed by atoms with Crippen LogP contribution in [0.2, 0.25) is 0 Å². The molecule has 11 aromatic heterocycles. The van der Waals surface area contributed by atoms with Crippen LogP contribution in [-0.4, -0.2) is 47.5 Å². The van der Waals surface area contributed by atoms with Gasteiger partial charge in [-0.3, -0.25) is 19.9 Å². The highest BCUT2D eigenvalue weighted by Crippen LogP contribution is 2.14. The van der Waals surface area contributed by atoms with Crippen molar-refractivity contribution in [3.8, 4) is 0 Å². The molecule has 4 aliphatic rings. The predicted molar refractivity (Wildman–Crippen MR) is 459 cm³/mol. The van der Waals surface area contributed by atoms with Crippen molar-refractivity contribution in [3.05, 3.63) is 269 Å². The molecular formula is C94H134N10. The summed E-state index contributed by atoms with van der Waals surface area (Å²) in [6.07, 6.45) is 28.5. The lowest BCUT2D eigenvalue weighted by Crippen LogP contribution is -2.28. The molecular weight excluding hydrogens is 1270 g/mol. The zero-order valence-electron chi connectivity index (χ0n) is 70.6. The molecule has 0 atom stereocenters. The van der Waals surface area contributed by atoms with E-state index in [1.54, 1.807) is 0 Å². The van der Waals surface area contributed by atoms with E-state index in [0.29, 0.717) is 0 Å². The molecule has 16 rings (SSSR count). The molecule has 11 heterocycles. The SMILES string of the molecule is CC.CC.CC.CC.CC.CC.CC.CC.CC1=c2c(C)cccc2=CC1.CC1=c2c(C)ccnc2=CC1.CC1=c2c(C)cncc2=CC1.CC1=c2c(C)nccc2=CC1.Cc1ccc2ccnc(C)n12.Cc1ccc2cncc(C)n12.Cc1cccc2ccc(C)n12.Cc1ccnc2ccc(C)n12. The average Bonchev–Trinajstić information content (AvgIpc) is 1.75. The van der Waals surface area contributed by atoms with Gasteiger partial charge in [0.15, 0.2) is 0 Å². The lowest BCUT2D eigenvalue weighted by molar-refractivity contribution is 0.959. The third-order valence-electron chi connectivity index (χ3n) is 16.9. The van der Waals surface area contributed by atoms with Gasteiger partial charge in [0.1, 0.15) is 11.5 Å². The largest absolute Gasteiger partial charge is 0.319 e. The molecule has 4 aliphatic carbocycles. The highest BCUT2D eigenvalue weighted by molar-refractivity contribution is 5.61. The van der Waals surface area contributed by atoms with Gasteiger partial charge in [0, 0.05) is 110 Å². The highest BCUT2D eigenvalue weighted by Gasteiger charge is 2.07. The fourth-order valence-corrected chi connectivity index (χ4v) is 12.6. The molecule has 560 valence electrons. The number of aryl methyl sites for hydroxylation is 12. The molecule has 0 aliphatic heterocycles. The minimum Gasteiger partial charge on any atom is -0.319 e. The molecule has 1 aromatic carbocycles. The van der Waals surface area contributed by atoms with E-state index >= 15 is 0 Å². The summed E-state index contributed by atoms with van der Waals surface area (Å²) in [7, 11) is 0. The maximum absolute atomic E-state index is 4.29. The van der Waals surface area contributed by atoms with Crippen molar-refractivity contribution in [1.82, 2.24) is 47.5 Å². The van der Waals surface area contributed by atoms with Crippen molar-refractivity contribution in [1.29, 1.82) is 0 Å². The van der Waals surface area contributed by atoms with Crippen LogP contribution < -0.4 is 41.9 Å². The Labute approximate surface area is 628 Å². The minimum absolute atomic E-state index is 1.03. The molecule has 12 aromatic rings. The maximum Gasteiger partial charge on any atom is 0.137 e. The fraction of sp³-hybridized carbons (Fsp3) is 0.383. The third-order valence-corrected chi connectivity index (χ3v) is 16.9. The second-order valence-electron chi connectivity index (χ2n) is 23.6. The molecule has 0 N–H and O–H groups in total. The zero-order chi connectivity index (χ0) is 78.8. The second kappa shape index (κ2) is 50.0. The van der Waals surface area contributed by atoms with Crippen LogP contribution in [0.25, 0.3) is 68.8 Å². The number of benzene rings is 1. The molecule has 0 unspecified atom stereocenters. The van der Waals surface area contributed by atoms with Crippen LogP contribution in [-0.2, 0) is 0 Å². The van der Waals surface area contributed by atoms with Crippen molar-refractivity contribution >= 4 is 68.8 Å². The van der Waals surface area contributed by atoms with Gasteiger partial charge in [-0.25, -0.2) is 9.97 Å². The number of nitrogens with zero attached hydrogens (tertiary/aromatic N) is 10. The highest BCUT2D eigenvalue weighted by atomic mass is 15.0. The Morgan fingerprint density at radius 1 is 0.260 bits per heavy atom. The normalized spacial score (nSPS) is 11.2. The van der Waals surface area contributed by atoms with E-state index in [1.165, 1.54) is 137 Å². The van der Waals surface area contributed by atoms with Crippen LogP contribution in [0.4, 0.5) is 0 Å². The summed E-state index contributed by atoms with van der Waals surface area (Å²) in [5, 5.41) is 10.9. The fourth-order valence-electron chi connectivity index (χ4n) is 12.6. The first-order chi connectivity index (χ1) is 50.3. The molecule has 0 amide bonds. The van der Waals surface area contributed by atoms with Gasteiger partial charge in [0.25, 0.3) is 0 Å². The Balaban J connectivity index is 0.000000578. The molecule has 0 saturated carbocycles. The van der Waals surface area contributed by atoms with E-state index in [-0.39, 0.29) is 0 Å². The summed E-state index contributed by atoms with van der Waals surface area (Å²) in [6.45, 7) is 66.0. The smallest absolute Gasteiger partial charge is 0.137 e. The van der Waals surface area contributed by atoms with Gasteiger partial charge in [-0.2, -0.15) is 0 Å². The van der Waals surface area contributed by atoms with Crippen LogP contribution in [0.3, 0.4) is 0 Å². The molecule has 10 nitrogen and oxygen atoms in total. The first-order valence-corrected chi connectivity index (χ1v) is 38.6. The summed E-state index contributed by atoms with van der Waals surface area (Å²) in [4.78, 5) is 25.2. The van der Waals surface area contributed by atoms with Gasteiger partial charge < -0.3 is 17.6 Å². The summed E-state index contributed by atoms with van der Waals surface area (Å²) < 4.78 is 8.72. The van der Waals surface area contributed by atoms with Crippen molar-refractivity contribution in [3.63, 3.8) is 0 Å². The summed E-state index contributed by atoms with van der Waals surface area (Å²) in [5.74, 6) is 1.05. The number of pyridine rings is 4. The Bertz CT molecular complexity index is 4430. The summed E-state index contributed by atoms with van der Waals surface area (Å²) >= 11 is 0. The van der Waals surface area contributed by atoms with Crippen molar-refractivity contribution < 1.29 is 0 Å². The van der Waals surface area contributed by atoms with Gasteiger partial charge in [-0.1, -0.05) is 182 Å². The number of hydrogen-bond acceptors (Lipinski definition) is 6. The van der Waals surface area contributed by atoms with Crippen LogP contribution in [0, 0.1) is 83.1 Å². The Morgan fingerprint density at radius 2 is 0.683 bits per heavy atom. The van der Waals surface area contributed by atoms with E-state index in [1.807, 2.05) is 185 Å². The Hall–Kier alpha value is -9.54. The maximum atomic E-state index is 4.29. The van der Waals surface area contributed by atoms with Crippen molar-refractivity contribution in [2.24, 2.45) is 0 Å². The number of rotatable bonds is 0. The van der Waals surface area contributed by atoms with E-state index < -0.39 is 0 Å². The van der Waals surface area contributed by atoms with E-state index in [9.17, 15) is 0 Å². The molecule has 0 bridgehead atoms. The second-order valence-corrected chi connectivity index (χ2v) is 23.6. The Kier molecular flexibility index (Phi) is 44.4. The van der Waals surface area contributed by atoms with E-state index in [2.05, 4.69) is 267 Å². The van der Waals surface area contributed by atoms with Crippen molar-refractivity contribution in [2.45, 2.75) is 247 Å². The molecule has 0 saturated heterocycles. The summed E-state index contributed by atoms with van der Waals surface area (Å²) in [5.41, 5.74) is 24.6.